The van der Waals surface area contributed by atoms with Crippen LogP contribution in [0.5, 0.6) is 0 Å². The molecule has 0 unspecified atom stereocenters. The van der Waals surface area contributed by atoms with Gasteiger partial charge in [-0.3, -0.25) is 4.79 Å². The van der Waals surface area contributed by atoms with Crippen LogP contribution in [0.15, 0.2) is 18.3 Å². The molecule has 0 aliphatic carbocycles. The summed E-state index contributed by atoms with van der Waals surface area (Å²) in [7, 11) is 3.55. The van der Waals surface area contributed by atoms with Crippen LogP contribution in [-0.4, -0.2) is 34.3 Å². The molecule has 0 aliphatic rings. The molecule has 0 aromatic carbocycles. The number of rotatable bonds is 2. The second-order valence-electron chi connectivity index (χ2n) is 6.51. The number of fused-ring (bicyclic) bond motifs is 1. The van der Waals surface area contributed by atoms with Crippen LogP contribution in [0.4, 0.5) is 0 Å². The summed E-state index contributed by atoms with van der Waals surface area (Å²) in [4.78, 5) is 18.1. The van der Waals surface area contributed by atoms with Crippen molar-refractivity contribution >= 4 is 11.6 Å². The van der Waals surface area contributed by atoms with E-state index in [1.54, 1.807) is 19.0 Å². The minimum atomic E-state index is 0.0309. The van der Waals surface area contributed by atoms with Gasteiger partial charge in [-0.05, 0) is 18.4 Å². The van der Waals surface area contributed by atoms with Crippen molar-refractivity contribution in [1.29, 1.82) is 0 Å². The zero-order valence-electron chi connectivity index (χ0n) is 13.2. The topological polar surface area (TPSA) is 37.6 Å². The highest BCUT2D eigenvalue weighted by atomic mass is 16.2. The number of nitrogens with zero attached hydrogens (tertiary/aromatic N) is 3. The van der Waals surface area contributed by atoms with Crippen LogP contribution in [0, 0.1) is 6.92 Å². The van der Waals surface area contributed by atoms with E-state index >= 15 is 0 Å². The van der Waals surface area contributed by atoms with E-state index in [1.165, 1.54) is 5.56 Å². The molecule has 0 saturated heterocycles. The molecule has 2 heterocycles. The SMILES string of the molecule is Cc1ccc(C(C)(C)C)c2ncc(CC(=O)N(C)C)n12. The van der Waals surface area contributed by atoms with Crippen LogP contribution in [0.3, 0.4) is 0 Å². The number of hydrogen-bond donors (Lipinski definition) is 0. The number of aromatic nitrogens is 2. The number of carbonyl (C=O) groups excluding carboxylic acids is 1. The van der Waals surface area contributed by atoms with E-state index in [4.69, 9.17) is 0 Å². The van der Waals surface area contributed by atoms with E-state index in [2.05, 4.69) is 42.3 Å². The van der Waals surface area contributed by atoms with Gasteiger partial charge in [0.2, 0.25) is 5.91 Å². The van der Waals surface area contributed by atoms with Gasteiger partial charge in [-0.15, -0.1) is 0 Å². The Morgan fingerprint density at radius 3 is 2.50 bits per heavy atom. The minimum Gasteiger partial charge on any atom is -0.348 e. The van der Waals surface area contributed by atoms with Gasteiger partial charge in [0.25, 0.3) is 0 Å². The molecule has 2 aromatic heterocycles. The summed E-state index contributed by atoms with van der Waals surface area (Å²) in [6, 6.07) is 4.23. The summed E-state index contributed by atoms with van der Waals surface area (Å²) in [6.45, 7) is 8.58. The number of likely N-dealkylation sites (N-methyl/N-ethyl adjacent to an activating group) is 1. The highest BCUT2D eigenvalue weighted by Gasteiger charge is 2.21. The molecule has 0 fully saturated rings. The van der Waals surface area contributed by atoms with Crippen LogP contribution in [0.2, 0.25) is 0 Å². The molecule has 108 valence electrons. The van der Waals surface area contributed by atoms with Crippen LogP contribution in [0.25, 0.3) is 5.65 Å². The molecule has 0 atom stereocenters. The number of aryl methyl sites for hydroxylation is 1. The summed E-state index contributed by atoms with van der Waals surface area (Å²) in [5.74, 6) is 0.0901. The fraction of sp³-hybridized carbons (Fsp3) is 0.500. The monoisotopic (exact) mass is 273 g/mol. The van der Waals surface area contributed by atoms with Gasteiger partial charge in [0.05, 0.1) is 12.1 Å². The molecular weight excluding hydrogens is 250 g/mol. The molecule has 0 saturated carbocycles. The molecule has 0 aliphatic heterocycles. The van der Waals surface area contributed by atoms with Crippen molar-refractivity contribution in [2.24, 2.45) is 0 Å². The van der Waals surface area contributed by atoms with Crippen molar-refractivity contribution in [1.82, 2.24) is 14.3 Å². The van der Waals surface area contributed by atoms with Crippen LogP contribution < -0.4 is 0 Å². The number of amides is 1. The highest BCUT2D eigenvalue weighted by molar-refractivity contribution is 5.78. The van der Waals surface area contributed by atoms with Crippen molar-refractivity contribution in [2.45, 2.75) is 39.5 Å². The van der Waals surface area contributed by atoms with Gasteiger partial charge in [-0.1, -0.05) is 26.8 Å². The fourth-order valence-corrected chi connectivity index (χ4v) is 2.35. The van der Waals surface area contributed by atoms with Crippen molar-refractivity contribution in [2.75, 3.05) is 14.1 Å². The van der Waals surface area contributed by atoms with Gasteiger partial charge in [-0.2, -0.15) is 0 Å². The van der Waals surface area contributed by atoms with E-state index < -0.39 is 0 Å². The molecule has 4 heteroatoms. The lowest BCUT2D eigenvalue weighted by Gasteiger charge is -2.20. The average Bonchev–Trinajstić information content (AvgIpc) is 2.72. The number of pyridine rings is 1. The zero-order chi connectivity index (χ0) is 15.1. The first-order valence-corrected chi connectivity index (χ1v) is 6.88. The third-order valence-electron chi connectivity index (χ3n) is 3.56. The van der Waals surface area contributed by atoms with Crippen molar-refractivity contribution in [3.8, 4) is 0 Å². The normalized spacial score (nSPS) is 11.9. The first kappa shape index (κ1) is 14.6. The lowest BCUT2D eigenvalue weighted by atomic mass is 9.87. The first-order chi connectivity index (χ1) is 9.21. The Hall–Kier alpha value is -1.84. The maximum absolute atomic E-state index is 11.9. The second kappa shape index (κ2) is 4.93. The summed E-state index contributed by atoms with van der Waals surface area (Å²) < 4.78 is 2.10. The number of imidazole rings is 1. The summed E-state index contributed by atoms with van der Waals surface area (Å²) in [5.41, 5.74) is 4.24. The Morgan fingerprint density at radius 1 is 1.30 bits per heavy atom. The molecule has 1 amide bonds. The molecule has 0 spiro atoms. The Bertz CT molecular complexity index is 648. The van der Waals surface area contributed by atoms with Crippen LogP contribution in [0.1, 0.15) is 37.7 Å². The number of hydrogen-bond acceptors (Lipinski definition) is 2. The third kappa shape index (κ3) is 2.55. The zero-order valence-corrected chi connectivity index (χ0v) is 13.2. The molecule has 4 nitrogen and oxygen atoms in total. The van der Waals surface area contributed by atoms with Crippen molar-refractivity contribution < 1.29 is 4.79 Å². The standard InChI is InChI=1S/C16H23N3O/c1-11-7-8-13(16(2,3)4)15-17-10-12(19(11)15)9-14(20)18(5)6/h7-8,10H,9H2,1-6H3. The van der Waals surface area contributed by atoms with Crippen LogP contribution >= 0.6 is 0 Å². The third-order valence-corrected chi connectivity index (χ3v) is 3.56. The predicted molar refractivity (Wildman–Crippen MR) is 81.0 cm³/mol. The van der Waals surface area contributed by atoms with Gasteiger partial charge in [0.1, 0.15) is 5.65 Å². The van der Waals surface area contributed by atoms with Gasteiger partial charge in [0, 0.05) is 31.5 Å². The van der Waals surface area contributed by atoms with Gasteiger partial charge < -0.3 is 9.30 Å². The largest absolute Gasteiger partial charge is 0.348 e. The predicted octanol–water partition coefficient (Wildman–Crippen LogP) is 2.57. The number of carbonyl (C=O) groups is 1. The minimum absolute atomic E-state index is 0.0309. The maximum Gasteiger partial charge on any atom is 0.228 e. The van der Waals surface area contributed by atoms with Crippen molar-refractivity contribution in [3.05, 3.63) is 35.3 Å². The molecule has 0 radical (unpaired) electrons. The lowest BCUT2D eigenvalue weighted by Crippen LogP contribution is -2.24. The molecule has 2 aromatic rings. The molecule has 0 bridgehead atoms. The van der Waals surface area contributed by atoms with Crippen LogP contribution in [-0.2, 0) is 16.6 Å². The van der Waals surface area contributed by atoms with E-state index in [-0.39, 0.29) is 11.3 Å². The van der Waals surface area contributed by atoms with E-state index in [0.29, 0.717) is 6.42 Å². The fourth-order valence-electron chi connectivity index (χ4n) is 2.35. The van der Waals surface area contributed by atoms with Gasteiger partial charge in [-0.25, -0.2) is 4.98 Å². The van der Waals surface area contributed by atoms with Gasteiger partial charge in [0.15, 0.2) is 0 Å². The van der Waals surface area contributed by atoms with Crippen molar-refractivity contribution in [3.63, 3.8) is 0 Å². The van der Waals surface area contributed by atoms with E-state index in [1.807, 2.05) is 13.1 Å². The molecule has 0 N–H and O–H groups in total. The Morgan fingerprint density at radius 2 is 1.95 bits per heavy atom. The highest BCUT2D eigenvalue weighted by Crippen LogP contribution is 2.27. The van der Waals surface area contributed by atoms with E-state index in [9.17, 15) is 4.79 Å². The smallest absolute Gasteiger partial charge is 0.228 e. The second-order valence-corrected chi connectivity index (χ2v) is 6.51. The van der Waals surface area contributed by atoms with Gasteiger partial charge >= 0.3 is 0 Å². The van der Waals surface area contributed by atoms with E-state index in [0.717, 1.165) is 17.0 Å². The average molecular weight is 273 g/mol. The first-order valence-electron chi connectivity index (χ1n) is 6.88. The maximum atomic E-state index is 11.9. The quantitative estimate of drug-likeness (QED) is 0.843. The molecule has 2 rings (SSSR count). The molecular formula is C16H23N3O. The Labute approximate surface area is 120 Å². The molecule has 20 heavy (non-hydrogen) atoms. The summed E-state index contributed by atoms with van der Waals surface area (Å²) in [6.07, 6.45) is 2.20. The Kier molecular flexibility index (Phi) is 3.59. The Balaban J connectivity index is 2.58. The summed E-state index contributed by atoms with van der Waals surface area (Å²) >= 11 is 0. The lowest BCUT2D eigenvalue weighted by molar-refractivity contribution is -0.128. The summed E-state index contributed by atoms with van der Waals surface area (Å²) in [5, 5.41) is 0.